The Morgan fingerprint density at radius 3 is 2.23 bits per heavy atom. The molecule has 0 radical (unpaired) electrons. The number of rotatable bonds is 3. The van der Waals surface area contributed by atoms with Crippen molar-refractivity contribution in [1.82, 2.24) is 9.80 Å². The lowest BCUT2D eigenvalue weighted by atomic mass is 10.3. The molecule has 0 unspecified atom stereocenters. The van der Waals surface area contributed by atoms with Crippen molar-refractivity contribution in [2.24, 2.45) is 0 Å². The Labute approximate surface area is 124 Å². The molecule has 9 heteroatoms. The van der Waals surface area contributed by atoms with Crippen molar-refractivity contribution in [1.29, 1.82) is 0 Å². The lowest BCUT2D eigenvalue weighted by Crippen LogP contribution is -2.49. The maximum Gasteiger partial charge on any atom is 0.573 e. The highest BCUT2D eigenvalue weighted by atomic mass is 19.4. The number of nitrogens with zero attached hydrogens (tertiary/aromatic N) is 2. The third-order valence-electron chi connectivity index (χ3n) is 3.09. The molecule has 1 aromatic rings. The van der Waals surface area contributed by atoms with Crippen LogP contribution in [0.3, 0.4) is 0 Å². The number of piperazine rings is 1. The van der Waals surface area contributed by atoms with Crippen molar-refractivity contribution in [2.45, 2.75) is 6.36 Å². The van der Waals surface area contributed by atoms with Crippen molar-refractivity contribution < 1.29 is 27.5 Å². The summed E-state index contributed by atoms with van der Waals surface area (Å²) >= 11 is 0. The molecular formula is C13H14F3N3O3. The van der Waals surface area contributed by atoms with Crippen LogP contribution >= 0.6 is 0 Å². The fourth-order valence-corrected chi connectivity index (χ4v) is 1.97. The van der Waals surface area contributed by atoms with Crippen LogP contribution in [0, 0.1) is 0 Å². The van der Waals surface area contributed by atoms with Gasteiger partial charge in [0.15, 0.2) is 0 Å². The van der Waals surface area contributed by atoms with E-state index in [0.29, 0.717) is 31.9 Å². The van der Waals surface area contributed by atoms with Gasteiger partial charge in [-0.05, 0) is 24.3 Å². The summed E-state index contributed by atoms with van der Waals surface area (Å²) in [6.07, 6.45) is -4.02. The number of alkyl halides is 3. The molecule has 1 fully saturated rings. The van der Waals surface area contributed by atoms with Crippen LogP contribution in [0.25, 0.3) is 0 Å². The van der Waals surface area contributed by atoms with Gasteiger partial charge in [0.2, 0.25) is 6.41 Å². The van der Waals surface area contributed by atoms with Crippen LogP contribution in [-0.2, 0) is 4.79 Å². The number of ether oxygens (including phenoxy) is 1. The predicted molar refractivity (Wildman–Crippen MR) is 71.4 cm³/mol. The number of carbonyl (C=O) groups is 2. The molecule has 22 heavy (non-hydrogen) atoms. The maximum atomic E-state index is 12.0. The standard InChI is InChI=1S/C13H14F3N3O3/c14-13(15,16)22-11-3-1-10(2-4-11)17-12(21)19-7-5-18(9-20)6-8-19/h1-4,9H,5-8H2,(H,17,21). The molecule has 2 rings (SSSR count). The Morgan fingerprint density at radius 1 is 1.14 bits per heavy atom. The number of anilines is 1. The summed E-state index contributed by atoms with van der Waals surface area (Å²) in [6.45, 7) is 1.71. The molecule has 0 aromatic heterocycles. The molecule has 0 spiro atoms. The van der Waals surface area contributed by atoms with Gasteiger partial charge in [0.25, 0.3) is 0 Å². The van der Waals surface area contributed by atoms with Crippen molar-refractivity contribution in [2.75, 3.05) is 31.5 Å². The first kappa shape index (κ1) is 15.9. The molecule has 0 atom stereocenters. The van der Waals surface area contributed by atoms with Gasteiger partial charge in [-0.15, -0.1) is 13.2 Å². The summed E-state index contributed by atoms with van der Waals surface area (Å²) in [4.78, 5) is 25.6. The highest BCUT2D eigenvalue weighted by molar-refractivity contribution is 5.89. The molecule has 120 valence electrons. The molecule has 1 aliphatic heterocycles. The number of benzene rings is 1. The van der Waals surface area contributed by atoms with Crippen LogP contribution in [0.1, 0.15) is 0 Å². The first-order valence-electron chi connectivity index (χ1n) is 6.48. The first-order valence-corrected chi connectivity index (χ1v) is 6.48. The van der Waals surface area contributed by atoms with Gasteiger partial charge >= 0.3 is 12.4 Å². The number of carbonyl (C=O) groups excluding carboxylic acids is 2. The molecule has 1 heterocycles. The smallest absolute Gasteiger partial charge is 0.406 e. The molecule has 0 bridgehead atoms. The number of nitrogens with one attached hydrogen (secondary N) is 1. The van der Waals surface area contributed by atoms with Crippen LogP contribution in [0.4, 0.5) is 23.7 Å². The van der Waals surface area contributed by atoms with Crippen LogP contribution in [-0.4, -0.2) is 54.8 Å². The lowest BCUT2D eigenvalue weighted by molar-refractivity contribution is -0.274. The zero-order chi connectivity index (χ0) is 16.2. The van der Waals surface area contributed by atoms with E-state index >= 15 is 0 Å². The number of halogens is 3. The highest BCUT2D eigenvalue weighted by Gasteiger charge is 2.31. The van der Waals surface area contributed by atoms with Crippen LogP contribution < -0.4 is 10.1 Å². The van der Waals surface area contributed by atoms with Crippen LogP contribution in [0.2, 0.25) is 0 Å². The van der Waals surface area contributed by atoms with Gasteiger partial charge in [0.05, 0.1) is 0 Å². The molecule has 0 aliphatic carbocycles. The third-order valence-corrected chi connectivity index (χ3v) is 3.09. The second kappa shape index (κ2) is 6.54. The van der Waals surface area contributed by atoms with E-state index in [1.165, 1.54) is 17.0 Å². The molecule has 0 saturated carbocycles. The normalized spacial score (nSPS) is 15.4. The molecule has 1 N–H and O–H groups in total. The fraction of sp³-hybridized carbons (Fsp3) is 0.385. The SMILES string of the molecule is O=CN1CCN(C(=O)Nc2ccc(OC(F)(F)F)cc2)CC1. The van der Waals surface area contributed by atoms with Crippen molar-refractivity contribution in [3.63, 3.8) is 0 Å². The average Bonchev–Trinajstić information content (AvgIpc) is 2.48. The minimum absolute atomic E-state index is 0.356. The summed E-state index contributed by atoms with van der Waals surface area (Å²) in [7, 11) is 0. The van der Waals surface area contributed by atoms with E-state index in [9.17, 15) is 22.8 Å². The summed E-state index contributed by atoms with van der Waals surface area (Å²) in [5, 5.41) is 2.58. The Balaban J connectivity index is 1.88. The lowest BCUT2D eigenvalue weighted by Gasteiger charge is -2.32. The highest BCUT2D eigenvalue weighted by Crippen LogP contribution is 2.24. The third kappa shape index (κ3) is 4.54. The van der Waals surface area contributed by atoms with Gasteiger partial charge in [-0.25, -0.2) is 4.79 Å². The minimum atomic E-state index is -4.75. The maximum absolute atomic E-state index is 12.0. The number of hydrogen-bond acceptors (Lipinski definition) is 3. The van der Waals surface area contributed by atoms with E-state index in [2.05, 4.69) is 10.1 Å². The second-order valence-electron chi connectivity index (χ2n) is 4.63. The summed E-state index contributed by atoms with van der Waals surface area (Å²) in [6, 6.07) is 4.51. The molecule has 1 aromatic carbocycles. The second-order valence-corrected chi connectivity index (χ2v) is 4.63. The van der Waals surface area contributed by atoms with Gasteiger partial charge in [-0.1, -0.05) is 0 Å². The number of urea groups is 1. The Bertz CT molecular complexity index is 526. The van der Waals surface area contributed by atoms with Gasteiger partial charge in [-0.2, -0.15) is 0 Å². The summed E-state index contributed by atoms with van der Waals surface area (Å²) < 4.78 is 39.8. The predicted octanol–water partition coefficient (Wildman–Crippen LogP) is 1.89. The van der Waals surface area contributed by atoms with Crippen molar-refractivity contribution in [3.8, 4) is 5.75 Å². The topological polar surface area (TPSA) is 61.9 Å². The Hall–Kier alpha value is -2.45. The quantitative estimate of drug-likeness (QED) is 0.866. The van der Waals surface area contributed by atoms with Crippen molar-refractivity contribution >= 4 is 18.1 Å². The monoisotopic (exact) mass is 317 g/mol. The van der Waals surface area contributed by atoms with Gasteiger partial charge in [0.1, 0.15) is 5.75 Å². The van der Waals surface area contributed by atoms with Gasteiger partial charge in [0, 0.05) is 31.9 Å². The Kier molecular flexibility index (Phi) is 4.74. The van der Waals surface area contributed by atoms with E-state index in [1.54, 1.807) is 4.90 Å². The van der Waals surface area contributed by atoms with E-state index in [0.717, 1.165) is 18.5 Å². The number of hydrogen-bond donors (Lipinski definition) is 1. The van der Waals surface area contributed by atoms with E-state index < -0.39 is 6.36 Å². The first-order chi connectivity index (χ1) is 10.4. The van der Waals surface area contributed by atoms with Crippen molar-refractivity contribution in [3.05, 3.63) is 24.3 Å². The zero-order valence-electron chi connectivity index (χ0n) is 11.5. The van der Waals surface area contributed by atoms with Crippen LogP contribution in [0.15, 0.2) is 24.3 Å². The largest absolute Gasteiger partial charge is 0.573 e. The van der Waals surface area contributed by atoms with Gasteiger partial charge < -0.3 is 19.9 Å². The van der Waals surface area contributed by atoms with E-state index in [4.69, 9.17) is 0 Å². The minimum Gasteiger partial charge on any atom is -0.406 e. The van der Waals surface area contributed by atoms with Gasteiger partial charge in [-0.3, -0.25) is 4.79 Å². The Morgan fingerprint density at radius 2 is 1.73 bits per heavy atom. The summed E-state index contributed by atoms with van der Waals surface area (Å²) in [5.41, 5.74) is 0.359. The fourth-order valence-electron chi connectivity index (χ4n) is 1.97. The zero-order valence-corrected chi connectivity index (χ0v) is 11.5. The molecule has 3 amide bonds. The van der Waals surface area contributed by atoms with E-state index in [-0.39, 0.29) is 11.8 Å². The molecule has 1 saturated heterocycles. The van der Waals surface area contributed by atoms with Crippen LogP contribution in [0.5, 0.6) is 5.75 Å². The average molecular weight is 317 g/mol. The molecular weight excluding hydrogens is 303 g/mol. The van der Waals surface area contributed by atoms with E-state index in [1.807, 2.05) is 0 Å². The number of amides is 3. The summed E-state index contributed by atoms with van der Waals surface area (Å²) in [5.74, 6) is -0.356. The molecule has 6 nitrogen and oxygen atoms in total. The molecule has 1 aliphatic rings.